The standard InChI is InChI=1S/C16H22N2O2S/c1-3-17-10-13(2)16(19)18(11-14-6-4-8-20-14)12-15-7-5-9-21-15/h4-9,13,17H,3,10-12H2,1-2H3. The molecule has 0 aromatic carbocycles. The van der Waals surface area contributed by atoms with Crippen LogP contribution in [-0.4, -0.2) is 23.9 Å². The number of thiophene rings is 1. The van der Waals surface area contributed by atoms with E-state index in [9.17, 15) is 4.79 Å². The molecule has 1 unspecified atom stereocenters. The zero-order valence-electron chi connectivity index (χ0n) is 12.5. The van der Waals surface area contributed by atoms with E-state index >= 15 is 0 Å². The molecule has 5 heteroatoms. The average molecular weight is 306 g/mol. The highest BCUT2D eigenvalue weighted by molar-refractivity contribution is 7.09. The molecule has 0 aliphatic heterocycles. The molecule has 21 heavy (non-hydrogen) atoms. The Kier molecular flexibility index (Phi) is 6.02. The molecule has 1 N–H and O–H groups in total. The molecule has 114 valence electrons. The van der Waals surface area contributed by atoms with Crippen LogP contribution in [0.1, 0.15) is 24.5 Å². The van der Waals surface area contributed by atoms with Gasteiger partial charge in [-0.1, -0.05) is 19.9 Å². The summed E-state index contributed by atoms with van der Waals surface area (Å²) in [7, 11) is 0. The zero-order valence-corrected chi connectivity index (χ0v) is 13.4. The fourth-order valence-electron chi connectivity index (χ4n) is 2.15. The van der Waals surface area contributed by atoms with Gasteiger partial charge in [0.05, 0.1) is 19.4 Å². The fourth-order valence-corrected chi connectivity index (χ4v) is 2.87. The minimum Gasteiger partial charge on any atom is -0.467 e. The Morgan fingerprint density at radius 2 is 2.24 bits per heavy atom. The van der Waals surface area contributed by atoms with Crippen LogP contribution in [0.25, 0.3) is 0 Å². The first-order valence-corrected chi connectivity index (χ1v) is 8.13. The van der Waals surface area contributed by atoms with E-state index in [4.69, 9.17) is 4.42 Å². The van der Waals surface area contributed by atoms with E-state index in [0.29, 0.717) is 19.6 Å². The Labute approximate surface area is 129 Å². The minimum absolute atomic E-state index is 0.0418. The van der Waals surface area contributed by atoms with Crippen molar-refractivity contribution in [1.82, 2.24) is 10.2 Å². The van der Waals surface area contributed by atoms with Crippen molar-refractivity contribution in [2.24, 2.45) is 5.92 Å². The number of nitrogens with one attached hydrogen (secondary N) is 1. The summed E-state index contributed by atoms with van der Waals surface area (Å²) >= 11 is 1.67. The molecular weight excluding hydrogens is 284 g/mol. The van der Waals surface area contributed by atoms with Crippen molar-refractivity contribution in [3.05, 3.63) is 46.5 Å². The Bertz CT molecular complexity index is 486. The third kappa shape index (κ3) is 4.72. The number of carbonyl (C=O) groups excluding carboxylic acids is 1. The molecule has 2 aromatic heterocycles. The van der Waals surface area contributed by atoms with Crippen molar-refractivity contribution < 1.29 is 9.21 Å². The zero-order chi connectivity index (χ0) is 15.1. The van der Waals surface area contributed by atoms with Crippen LogP contribution in [0.2, 0.25) is 0 Å². The summed E-state index contributed by atoms with van der Waals surface area (Å²) in [5.74, 6) is 0.927. The summed E-state index contributed by atoms with van der Waals surface area (Å²) in [6, 6.07) is 7.83. The highest BCUT2D eigenvalue weighted by Gasteiger charge is 2.21. The maximum absolute atomic E-state index is 12.7. The molecule has 2 heterocycles. The molecule has 0 radical (unpaired) electrons. The average Bonchev–Trinajstić information content (AvgIpc) is 3.16. The van der Waals surface area contributed by atoms with Crippen LogP contribution in [-0.2, 0) is 17.9 Å². The van der Waals surface area contributed by atoms with Gasteiger partial charge in [-0.05, 0) is 30.1 Å². The van der Waals surface area contributed by atoms with Crippen molar-refractivity contribution >= 4 is 17.2 Å². The summed E-state index contributed by atoms with van der Waals surface area (Å²) in [5.41, 5.74) is 0. The lowest BCUT2D eigenvalue weighted by atomic mass is 10.1. The lowest BCUT2D eigenvalue weighted by Crippen LogP contribution is -2.38. The second kappa shape index (κ2) is 8.00. The maximum atomic E-state index is 12.7. The van der Waals surface area contributed by atoms with Gasteiger partial charge >= 0.3 is 0 Å². The maximum Gasteiger partial charge on any atom is 0.227 e. The molecule has 2 rings (SSSR count). The van der Waals surface area contributed by atoms with Gasteiger partial charge in [0.25, 0.3) is 0 Å². The van der Waals surface area contributed by atoms with E-state index in [1.54, 1.807) is 17.6 Å². The van der Waals surface area contributed by atoms with E-state index < -0.39 is 0 Å². The van der Waals surface area contributed by atoms with Crippen molar-refractivity contribution in [1.29, 1.82) is 0 Å². The van der Waals surface area contributed by atoms with Crippen LogP contribution in [0.4, 0.5) is 0 Å². The van der Waals surface area contributed by atoms with Crippen molar-refractivity contribution in [2.45, 2.75) is 26.9 Å². The van der Waals surface area contributed by atoms with Crippen molar-refractivity contribution in [2.75, 3.05) is 13.1 Å². The van der Waals surface area contributed by atoms with E-state index in [1.165, 1.54) is 4.88 Å². The number of nitrogens with zero attached hydrogens (tertiary/aromatic N) is 1. The van der Waals surface area contributed by atoms with Crippen molar-refractivity contribution in [3.8, 4) is 0 Å². The lowest BCUT2D eigenvalue weighted by molar-refractivity contribution is -0.136. The van der Waals surface area contributed by atoms with Gasteiger partial charge in [0.2, 0.25) is 5.91 Å². The second-order valence-electron chi connectivity index (χ2n) is 5.06. The quantitative estimate of drug-likeness (QED) is 0.815. The molecule has 0 saturated carbocycles. The second-order valence-corrected chi connectivity index (χ2v) is 6.09. The molecule has 1 atom stereocenters. The predicted octanol–water partition coefficient (Wildman–Crippen LogP) is 3.12. The van der Waals surface area contributed by atoms with Gasteiger partial charge in [-0.2, -0.15) is 0 Å². The smallest absolute Gasteiger partial charge is 0.227 e. The van der Waals surface area contributed by atoms with Crippen LogP contribution >= 0.6 is 11.3 Å². The number of furan rings is 1. The Morgan fingerprint density at radius 1 is 1.38 bits per heavy atom. The third-order valence-corrected chi connectivity index (χ3v) is 4.15. The first-order chi connectivity index (χ1) is 10.2. The first kappa shape index (κ1) is 15.8. The summed E-state index contributed by atoms with van der Waals surface area (Å²) in [6.45, 7) is 6.74. The fraction of sp³-hybridized carbons (Fsp3) is 0.438. The molecule has 0 bridgehead atoms. The molecule has 2 aromatic rings. The Morgan fingerprint density at radius 3 is 2.86 bits per heavy atom. The molecule has 0 spiro atoms. The van der Waals surface area contributed by atoms with Gasteiger partial charge < -0.3 is 14.6 Å². The van der Waals surface area contributed by atoms with Gasteiger partial charge in [-0.25, -0.2) is 0 Å². The third-order valence-electron chi connectivity index (χ3n) is 3.29. The topological polar surface area (TPSA) is 45.5 Å². The Balaban J connectivity index is 2.04. The number of rotatable bonds is 8. The van der Waals surface area contributed by atoms with Gasteiger partial charge in [0.1, 0.15) is 5.76 Å². The first-order valence-electron chi connectivity index (χ1n) is 7.25. The summed E-state index contributed by atoms with van der Waals surface area (Å²) < 4.78 is 5.39. The molecule has 0 aliphatic carbocycles. The number of amides is 1. The molecule has 0 aliphatic rings. The summed E-state index contributed by atoms with van der Waals surface area (Å²) in [5, 5.41) is 5.27. The van der Waals surface area contributed by atoms with E-state index in [-0.39, 0.29) is 11.8 Å². The van der Waals surface area contributed by atoms with E-state index in [1.807, 2.05) is 42.3 Å². The Hall–Kier alpha value is -1.59. The van der Waals surface area contributed by atoms with Gasteiger partial charge in [-0.15, -0.1) is 11.3 Å². The number of hydrogen-bond acceptors (Lipinski definition) is 4. The summed E-state index contributed by atoms with van der Waals surface area (Å²) in [6.07, 6.45) is 1.64. The molecule has 0 saturated heterocycles. The van der Waals surface area contributed by atoms with Crippen LogP contribution in [0.5, 0.6) is 0 Å². The van der Waals surface area contributed by atoms with Gasteiger partial charge in [0, 0.05) is 17.3 Å². The summed E-state index contributed by atoms with van der Waals surface area (Å²) in [4.78, 5) is 15.7. The van der Waals surface area contributed by atoms with E-state index in [0.717, 1.165) is 12.3 Å². The molecule has 4 nitrogen and oxygen atoms in total. The van der Waals surface area contributed by atoms with Gasteiger partial charge in [0.15, 0.2) is 0 Å². The monoisotopic (exact) mass is 306 g/mol. The van der Waals surface area contributed by atoms with Crippen LogP contribution in [0.3, 0.4) is 0 Å². The number of carbonyl (C=O) groups is 1. The van der Waals surface area contributed by atoms with Crippen LogP contribution in [0.15, 0.2) is 40.3 Å². The minimum atomic E-state index is -0.0418. The number of hydrogen-bond donors (Lipinski definition) is 1. The van der Waals surface area contributed by atoms with E-state index in [2.05, 4.69) is 11.4 Å². The SMILES string of the molecule is CCNCC(C)C(=O)N(Cc1ccco1)Cc1cccs1. The molecular formula is C16H22N2O2S. The van der Waals surface area contributed by atoms with Crippen molar-refractivity contribution in [3.63, 3.8) is 0 Å². The van der Waals surface area contributed by atoms with Crippen LogP contribution < -0.4 is 5.32 Å². The highest BCUT2D eigenvalue weighted by atomic mass is 32.1. The molecule has 0 fully saturated rings. The molecule has 1 amide bonds. The van der Waals surface area contributed by atoms with Gasteiger partial charge in [-0.3, -0.25) is 4.79 Å². The largest absolute Gasteiger partial charge is 0.467 e. The lowest BCUT2D eigenvalue weighted by Gasteiger charge is -2.24. The predicted molar refractivity (Wildman–Crippen MR) is 85.0 cm³/mol. The normalized spacial score (nSPS) is 12.3. The van der Waals surface area contributed by atoms with Crippen LogP contribution in [0, 0.1) is 5.92 Å². The highest BCUT2D eigenvalue weighted by Crippen LogP contribution is 2.17.